The SMILES string of the molecule is CCOC(=O)c1ccc(S(=O)(=O)NCCCn2nc3n(c2=O)CCCC3)cc1. The van der Waals surface area contributed by atoms with Crippen molar-refractivity contribution >= 4 is 16.0 Å². The normalized spacial score (nSPS) is 13.9. The standard InChI is InChI=1S/C18H24N4O5S/c1-2-27-17(23)14-7-9-15(10-8-14)28(25,26)19-11-5-13-22-18(24)21-12-4-3-6-16(21)20-22/h7-10,19H,2-6,11-13H2,1H3. The zero-order chi connectivity index (χ0) is 20.1. The third-order valence-electron chi connectivity index (χ3n) is 4.55. The predicted octanol–water partition coefficient (Wildman–Crippen LogP) is 0.926. The van der Waals surface area contributed by atoms with Crippen LogP contribution in [0.25, 0.3) is 0 Å². The van der Waals surface area contributed by atoms with E-state index in [-0.39, 0.29) is 23.7 Å². The summed E-state index contributed by atoms with van der Waals surface area (Å²) in [5, 5.41) is 4.33. The van der Waals surface area contributed by atoms with Crippen molar-refractivity contribution in [3.05, 3.63) is 46.1 Å². The molecule has 1 aliphatic heterocycles. The van der Waals surface area contributed by atoms with Crippen molar-refractivity contribution in [3.63, 3.8) is 0 Å². The number of ether oxygens (including phenoxy) is 1. The molecule has 2 heterocycles. The summed E-state index contributed by atoms with van der Waals surface area (Å²) in [5.74, 6) is 0.311. The van der Waals surface area contributed by atoms with Gasteiger partial charge in [0.2, 0.25) is 10.0 Å². The van der Waals surface area contributed by atoms with E-state index in [2.05, 4.69) is 9.82 Å². The molecule has 0 radical (unpaired) electrons. The van der Waals surface area contributed by atoms with Gasteiger partial charge in [0.25, 0.3) is 0 Å². The summed E-state index contributed by atoms with van der Waals surface area (Å²) in [6.07, 6.45) is 3.26. The van der Waals surface area contributed by atoms with Crippen molar-refractivity contribution in [2.75, 3.05) is 13.2 Å². The summed E-state index contributed by atoms with van der Waals surface area (Å²) >= 11 is 0. The summed E-state index contributed by atoms with van der Waals surface area (Å²) in [6.45, 7) is 3.18. The number of carbonyl (C=O) groups excluding carboxylic acids is 1. The summed E-state index contributed by atoms with van der Waals surface area (Å²) < 4.78 is 35.2. The van der Waals surface area contributed by atoms with Crippen LogP contribution in [-0.2, 0) is 34.3 Å². The Morgan fingerprint density at radius 1 is 1.25 bits per heavy atom. The molecule has 0 spiro atoms. The van der Waals surface area contributed by atoms with Crippen LogP contribution in [0.5, 0.6) is 0 Å². The lowest BCUT2D eigenvalue weighted by Crippen LogP contribution is -2.29. The Hall–Kier alpha value is -2.46. The molecule has 9 nitrogen and oxygen atoms in total. The van der Waals surface area contributed by atoms with Gasteiger partial charge < -0.3 is 4.74 Å². The number of aromatic nitrogens is 3. The molecule has 28 heavy (non-hydrogen) atoms. The number of nitrogens with zero attached hydrogens (tertiary/aromatic N) is 3. The molecular weight excluding hydrogens is 384 g/mol. The van der Waals surface area contributed by atoms with Crippen molar-refractivity contribution in [1.82, 2.24) is 19.1 Å². The van der Waals surface area contributed by atoms with Crippen LogP contribution >= 0.6 is 0 Å². The maximum atomic E-state index is 12.4. The second-order valence-electron chi connectivity index (χ2n) is 6.53. The molecule has 0 saturated carbocycles. The third kappa shape index (κ3) is 4.50. The van der Waals surface area contributed by atoms with Crippen LogP contribution in [0.15, 0.2) is 34.0 Å². The number of carbonyl (C=O) groups is 1. The van der Waals surface area contributed by atoms with E-state index >= 15 is 0 Å². The summed E-state index contributed by atoms with van der Waals surface area (Å²) in [5.41, 5.74) is 0.163. The fourth-order valence-corrected chi connectivity index (χ4v) is 4.17. The highest BCUT2D eigenvalue weighted by molar-refractivity contribution is 7.89. The van der Waals surface area contributed by atoms with E-state index in [1.807, 2.05) is 0 Å². The van der Waals surface area contributed by atoms with Crippen molar-refractivity contribution in [1.29, 1.82) is 0 Å². The molecule has 3 rings (SSSR count). The highest BCUT2D eigenvalue weighted by Crippen LogP contribution is 2.12. The van der Waals surface area contributed by atoms with Crippen LogP contribution < -0.4 is 10.4 Å². The number of hydrogen-bond donors (Lipinski definition) is 1. The lowest BCUT2D eigenvalue weighted by Gasteiger charge is -2.09. The molecule has 1 aromatic heterocycles. The van der Waals surface area contributed by atoms with Crippen molar-refractivity contribution in [3.8, 4) is 0 Å². The fraction of sp³-hybridized carbons (Fsp3) is 0.500. The highest BCUT2D eigenvalue weighted by atomic mass is 32.2. The van der Waals surface area contributed by atoms with Crippen LogP contribution in [0.2, 0.25) is 0 Å². The molecule has 2 aromatic rings. The molecule has 0 saturated heterocycles. The molecule has 0 unspecified atom stereocenters. The first-order valence-corrected chi connectivity index (χ1v) is 10.8. The average molecular weight is 408 g/mol. The lowest BCUT2D eigenvalue weighted by molar-refractivity contribution is 0.0526. The second kappa shape index (κ2) is 8.70. The van der Waals surface area contributed by atoms with E-state index in [1.54, 1.807) is 11.5 Å². The number of aryl methyl sites for hydroxylation is 2. The summed E-state index contributed by atoms with van der Waals surface area (Å²) in [4.78, 5) is 23.9. The second-order valence-corrected chi connectivity index (χ2v) is 8.29. The molecule has 10 heteroatoms. The summed E-state index contributed by atoms with van der Waals surface area (Å²) in [7, 11) is -3.70. The molecule has 0 aliphatic carbocycles. The van der Waals surface area contributed by atoms with Gasteiger partial charge in [0, 0.05) is 26.1 Å². The zero-order valence-electron chi connectivity index (χ0n) is 15.8. The Labute approximate surface area is 163 Å². The topological polar surface area (TPSA) is 112 Å². The predicted molar refractivity (Wildman–Crippen MR) is 102 cm³/mol. The maximum absolute atomic E-state index is 12.4. The van der Waals surface area contributed by atoms with Gasteiger partial charge in [0.05, 0.1) is 17.1 Å². The Morgan fingerprint density at radius 3 is 2.68 bits per heavy atom. The molecule has 0 bridgehead atoms. The van der Waals surface area contributed by atoms with Crippen LogP contribution in [0.3, 0.4) is 0 Å². The van der Waals surface area contributed by atoms with Gasteiger partial charge in [-0.3, -0.25) is 4.57 Å². The van der Waals surface area contributed by atoms with E-state index in [1.165, 1.54) is 28.9 Å². The molecule has 152 valence electrons. The van der Waals surface area contributed by atoms with E-state index in [0.29, 0.717) is 25.1 Å². The van der Waals surface area contributed by atoms with Gasteiger partial charge in [0.1, 0.15) is 5.82 Å². The Bertz CT molecular complexity index is 992. The molecule has 1 aromatic carbocycles. The Balaban J connectivity index is 1.55. The van der Waals surface area contributed by atoms with E-state index < -0.39 is 16.0 Å². The fourth-order valence-electron chi connectivity index (χ4n) is 3.10. The van der Waals surface area contributed by atoms with Gasteiger partial charge in [0.15, 0.2) is 0 Å². The minimum Gasteiger partial charge on any atom is -0.462 e. The average Bonchev–Trinajstić information content (AvgIpc) is 3.02. The Kier molecular flexibility index (Phi) is 6.30. The van der Waals surface area contributed by atoms with Gasteiger partial charge in [-0.25, -0.2) is 27.4 Å². The first kappa shape index (κ1) is 20.3. The smallest absolute Gasteiger partial charge is 0.345 e. The van der Waals surface area contributed by atoms with Crippen molar-refractivity contribution < 1.29 is 17.9 Å². The van der Waals surface area contributed by atoms with E-state index in [4.69, 9.17) is 4.74 Å². The quantitative estimate of drug-likeness (QED) is 0.514. The summed E-state index contributed by atoms with van der Waals surface area (Å²) in [6, 6.07) is 5.56. The van der Waals surface area contributed by atoms with Crippen LogP contribution in [0.4, 0.5) is 0 Å². The van der Waals surface area contributed by atoms with E-state index in [9.17, 15) is 18.0 Å². The highest BCUT2D eigenvalue weighted by Gasteiger charge is 2.17. The maximum Gasteiger partial charge on any atom is 0.345 e. The van der Waals surface area contributed by atoms with Gasteiger partial charge in [-0.05, 0) is 50.5 Å². The minimum atomic E-state index is -3.70. The largest absolute Gasteiger partial charge is 0.462 e. The minimum absolute atomic E-state index is 0.0650. The molecule has 0 atom stereocenters. The van der Waals surface area contributed by atoms with Gasteiger partial charge in [-0.1, -0.05) is 0 Å². The number of rotatable bonds is 8. The zero-order valence-corrected chi connectivity index (χ0v) is 16.6. The third-order valence-corrected chi connectivity index (χ3v) is 6.02. The number of benzene rings is 1. The number of nitrogens with one attached hydrogen (secondary N) is 1. The van der Waals surface area contributed by atoms with Crippen molar-refractivity contribution in [2.45, 2.75) is 50.6 Å². The van der Waals surface area contributed by atoms with Crippen LogP contribution in [-0.4, -0.2) is 41.9 Å². The van der Waals surface area contributed by atoms with Crippen molar-refractivity contribution in [2.24, 2.45) is 0 Å². The number of esters is 1. The van der Waals surface area contributed by atoms with Gasteiger partial charge in [-0.2, -0.15) is 5.10 Å². The number of fused-ring (bicyclic) bond motifs is 1. The first-order valence-electron chi connectivity index (χ1n) is 9.36. The Morgan fingerprint density at radius 2 is 2.00 bits per heavy atom. The molecular formula is C18H24N4O5S. The molecule has 1 N–H and O–H groups in total. The lowest BCUT2D eigenvalue weighted by atomic mass is 10.2. The number of sulfonamides is 1. The van der Waals surface area contributed by atoms with Crippen LogP contribution in [0, 0.1) is 0 Å². The van der Waals surface area contributed by atoms with Crippen LogP contribution in [0.1, 0.15) is 42.4 Å². The molecule has 0 fully saturated rings. The molecule has 0 amide bonds. The number of hydrogen-bond acceptors (Lipinski definition) is 6. The van der Waals surface area contributed by atoms with Gasteiger partial charge in [-0.15, -0.1) is 0 Å². The molecule has 1 aliphatic rings. The first-order chi connectivity index (χ1) is 13.4. The van der Waals surface area contributed by atoms with Gasteiger partial charge >= 0.3 is 11.7 Å². The monoisotopic (exact) mass is 408 g/mol. The van der Waals surface area contributed by atoms with E-state index in [0.717, 1.165) is 25.1 Å².